The molecule has 0 heterocycles. The van der Waals surface area contributed by atoms with E-state index in [1.165, 1.54) is 54.6 Å². The third kappa shape index (κ3) is 4.69. The van der Waals surface area contributed by atoms with Gasteiger partial charge in [0, 0.05) is 0 Å². The van der Waals surface area contributed by atoms with Crippen molar-refractivity contribution in [2.75, 3.05) is 0 Å². The summed E-state index contributed by atoms with van der Waals surface area (Å²) in [5.41, 5.74) is -2.61. The molecule has 196 valence electrons. The fraction of sp³-hybridized carbons (Fsp3) is 0.0714. The van der Waals surface area contributed by atoms with Gasteiger partial charge in [0.2, 0.25) is 34.8 Å². The maximum atomic E-state index is 14.9. The predicted molar refractivity (Wildman–Crippen MR) is 124 cm³/mol. The van der Waals surface area contributed by atoms with Crippen LogP contribution < -0.4 is 9.47 Å². The summed E-state index contributed by atoms with van der Waals surface area (Å²) in [6.45, 7) is 5.35. The molecule has 0 radical (unpaired) electrons. The molecule has 0 aliphatic heterocycles. The highest BCUT2D eigenvalue weighted by Gasteiger charge is 2.35. The van der Waals surface area contributed by atoms with Crippen LogP contribution in [0.15, 0.2) is 55.1 Å². The lowest BCUT2D eigenvalue weighted by Gasteiger charge is -2.16. The van der Waals surface area contributed by atoms with Gasteiger partial charge in [0.15, 0.2) is 23.3 Å². The van der Waals surface area contributed by atoms with Crippen molar-refractivity contribution in [2.24, 2.45) is 0 Å². The Morgan fingerprint density at radius 3 is 1.21 bits per heavy atom. The van der Waals surface area contributed by atoms with E-state index in [0.717, 1.165) is 5.56 Å². The van der Waals surface area contributed by atoms with Crippen molar-refractivity contribution in [1.29, 1.82) is 0 Å². The van der Waals surface area contributed by atoms with Crippen LogP contribution in [-0.2, 0) is 6.42 Å². The first-order valence-electron chi connectivity index (χ1n) is 11.0. The Morgan fingerprint density at radius 2 is 0.895 bits per heavy atom. The molecule has 0 saturated carbocycles. The zero-order valence-corrected chi connectivity index (χ0v) is 19.5. The van der Waals surface area contributed by atoms with E-state index < -0.39 is 69.2 Å². The monoisotopic (exact) mass is 536 g/mol. The number of hydrogen-bond donors (Lipinski definition) is 0. The van der Waals surface area contributed by atoms with Gasteiger partial charge in [-0.05, 0) is 41.8 Å². The second-order valence-electron chi connectivity index (χ2n) is 7.89. The van der Waals surface area contributed by atoms with E-state index in [9.17, 15) is 35.1 Å². The Morgan fingerprint density at radius 1 is 0.553 bits per heavy atom. The van der Waals surface area contributed by atoms with Gasteiger partial charge >= 0.3 is 0 Å². The quantitative estimate of drug-likeness (QED) is 0.173. The normalized spacial score (nSPS) is 11.0. The van der Waals surface area contributed by atoms with Gasteiger partial charge in [0.25, 0.3) is 0 Å². The minimum atomic E-state index is -2.35. The van der Waals surface area contributed by atoms with Crippen molar-refractivity contribution in [3.05, 3.63) is 113 Å². The Kier molecular flexibility index (Phi) is 7.43. The average Bonchev–Trinajstić information content (AvgIpc) is 2.93. The van der Waals surface area contributed by atoms with Crippen molar-refractivity contribution in [2.45, 2.75) is 13.3 Å². The molecule has 0 atom stereocenters. The van der Waals surface area contributed by atoms with Gasteiger partial charge in [0.05, 0.1) is 11.1 Å². The largest absolute Gasteiger partial charge is 0.451 e. The van der Waals surface area contributed by atoms with Gasteiger partial charge in [-0.1, -0.05) is 43.8 Å². The smallest absolute Gasteiger partial charge is 0.205 e. The first kappa shape index (κ1) is 26.7. The zero-order valence-electron chi connectivity index (χ0n) is 19.5. The summed E-state index contributed by atoms with van der Waals surface area (Å²) in [7, 11) is 0. The summed E-state index contributed by atoms with van der Waals surface area (Å²) in [6, 6.07) is 10.8. The number of benzene rings is 4. The van der Waals surface area contributed by atoms with E-state index >= 15 is 0 Å². The highest BCUT2D eigenvalue weighted by molar-refractivity contribution is 5.69. The molecule has 0 unspecified atom stereocenters. The van der Waals surface area contributed by atoms with E-state index in [-0.39, 0.29) is 11.5 Å². The summed E-state index contributed by atoms with van der Waals surface area (Å²) in [5.74, 6) is -21.7. The van der Waals surface area contributed by atoms with Crippen molar-refractivity contribution < 1.29 is 44.6 Å². The van der Waals surface area contributed by atoms with Crippen molar-refractivity contribution >= 4 is 6.08 Å². The van der Waals surface area contributed by atoms with E-state index in [1.807, 2.05) is 6.92 Å². The summed E-state index contributed by atoms with van der Waals surface area (Å²) in [6.07, 6.45) is 2.06. The Labute approximate surface area is 211 Å². The Bertz CT molecular complexity index is 1470. The molecule has 0 aromatic heterocycles. The predicted octanol–water partition coefficient (Wildman–Crippen LogP) is 9.26. The molecule has 38 heavy (non-hydrogen) atoms. The van der Waals surface area contributed by atoms with Gasteiger partial charge in [-0.25, -0.2) is 17.6 Å². The summed E-state index contributed by atoms with van der Waals surface area (Å²) < 4.78 is 128. The van der Waals surface area contributed by atoms with Crippen molar-refractivity contribution in [3.8, 4) is 34.1 Å². The lowest BCUT2D eigenvalue weighted by Crippen LogP contribution is -2.09. The van der Waals surface area contributed by atoms with Gasteiger partial charge in [-0.3, -0.25) is 0 Å². The summed E-state index contributed by atoms with van der Waals surface area (Å²) >= 11 is 0. The molecule has 0 fully saturated rings. The fourth-order valence-electron chi connectivity index (χ4n) is 3.54. The van der Waals surface area contributed by atoms with Gasteiger partial charge in [-0.2, -0.15) is 17.6 Å². The second-order valence-corrected chi connectivity index (χ2v) is 7.89. The molecule has 0 aliphatic rings. The van der Waals surface area contributed by atoms with Gasteiger partial charge in [-0.15, -0.1) is 0 Å². The highest BCUT2D eigenvalue weighted by Crippen LogP contribution is 2.43. The van der Waals surface area contributed by atoms with Crippen molar-refractivity contribution in [3.63, 3.8) is 0 Å². The second kappa shape index (κ2) is 10.6. The first-order valence-corrected chi connectivity index (χ1v) is 11.0. The van der Waals surface area contributed by atoms with Crippen LogP contribution >= 0.6 is 0 Å². The molecule has 0 N–H and O–H groups in total. The third-order valence-electron chi connectivity index (χ3n) is 5.58. The minimum Gasteiger partial charge on any atom is -0.451 e. The molecule has 0 aliphatic carbocycles. The number of rotatable bonds is 7. The standard InChI is InChI=1S/C28H16F8O2/c1-3-13-5-9-15(10-6-13)37-27-23(33)19(29)17(20(30)24(27)34)18-21(31)25(35)28(26(36)22(18)32)38-16-11-7-14(4-2)8-12-16/h3,5-12H,1,4H2,2H3. The van der Waals surface area contributed by atoms with Crippen LogP contribution in [0.25, 0.3) is 17.2 Å². The molecule has 0 saturated heterocycles. The number of halogens is 8. The summed E-state index contributed by atoms with van der Waals surface area (Å²) in [4.78, 5) is 0. The molecular weight excluding hydrogens is 520 g/mol. The van der Waals surface area contributed by atoms with Crippen molar-refractivity contribution in [1.82, 2.24) is 0 Å². The average molecular weight is 536 g/mol. The first-order chi connectivity index (χ1) is 18.1. The molecule has 0 bridgehead atoms. The summed E-state index contributed by atoms with van der Waals surface area (Å²) in [5, 5.41) is 0. The lowest BCUT2D eigenvalue weighted by molar-refractivity contribution is 0.360. The van der Waals surface area contributed by atoms with Crippen LogP contribution in [0.3, 0.4) is 0 Å². The van der Waals surface area contributed by atoms with E-state index in [1.54, 1.807) is 0 Å². The van der Waals surface area contributed by atoms with Crippen LogP contribution in [0.5, 0.6) is 23.0 Å². The lowest BCUT2D eigenvalue weighted by atomic mass is 10.0. The molecule has 0 amide bonds. The molecule has 4 rings (SSSR count). The Balaban J connectivity index is 1.81. The van der Waals surface area contributed by atoms with Crippen LogP contribution in [0.2, 0.25) is 0 Å². The SMILES string of the molecule is C=Cc1ccc(Oc2c(F)c(F)c(-c3c(F)c(F)c(Oc4ccc(CC)cc4)c(F)c3F)c(F)c2F)cc1. The molecule has 2 nitrogen and oxygen atoms in total. The van der Waals surface area contributed by atoms with E-state index in [0.29, 0.717) is 12.0 Å². The minimum absolute atomic E-state index is 0.205. The third-order valence-corrected chi connectivity index (χ3v) is 5.58. The van der Waals surface area contributed by atoms with Gasteiger partial charge in [0.1, 0.15) is 11.5 Å². The van der Waals surface area contributed by atoms with Gasteiger partial charge < -0.3 is 9.47 Å². The maximum absolute atomic E-state index is 14.9. The molecular formula is C28H16F8O2. The van der Waals surface area contributed by atoms with Crippen LogP contribution in [0.4, 0.5) is 35.1 Å². The van der Waals surface area contributed by atoms with Crippen LogP contribution in [0, 0.1) is 46.5 Å². The van der Waals surface area contributed by atoms with Crippen LogP contribution in [-0.4, -0.2) is 0 Å². The highest BCUT2D eigenvalue weighted by atomic mass is 19.2. The number of aryl methyl sites for hydroxylation is 1. The van der Waals surface area contributed by atoms with Crippen LogP contribution in [0.1, 0.15) is 18.1 Å². The zero-order chi connectivity index (χ0) is 27.7. The Hall–Kier alpha value is -4.34. The molecule has 10 heteroatoms. The fourth-order valence-corrected chi connectivity index (χ4v) is 3.54. The number of hydrogen-bond acceptors (Lipinski definition) is 2. The molecule has 4 aromatic rings. The topological polar surface area (TPSA) is 18.5 Å². The maximum Gasteiger partial charge on any atom is 0.205 e. The number of ether oxygens (including phenoxy) is 2. The van der Waals surface area contributed by atoms with E-state index in [2.05, 4.69) is 6.58 Å². The molecule has 4 aromatic carbocycles. The molecule has 0 spiro atoms. The van der Waals surface area contributed by atoms with E-state index in [4.69, 9.17) is 9.47 Å².